The van der Waals surface area contributed by atoms with Crippen LogP contribution < -0.4 is 20.9 Å². The Bertz CT molecular complexity index is 506. The maximum atomic E-state index is 5.33. The largest absolute Gasteiger partial charge is 0.493 e. The van der Waals surface area contributed by atoms with Gasteiger partial charge < -0.3 is 20.9 Å². The zero-order chi connectivity index (χ0) is 14.3. The lowest BCUT2D eigenvalue weighted by molar-refractivity contribution is 0.352. The Morgan fingerprint density at radius 3 is 2.58 bits per heavy atom. The van der Waals surface area contributed by atoms with Crippen LogP contribution in [0.3, 0.4) is 0 Å². The first-order valence-corrected chi connectivity index (χ1v) is 5.60. The second-order valence-corrected chi connectivity index (χ2v) is 3.68. The monoisotopic (exact) mass is 262 g/mol. The lowest BCUT2D eigenvalue weighted by Crippen LogP contribution is -2.21. The summed E-state index contributed by atoms with van der Waals surface area (Å²) in [6.45, 7) is 3.72. The van der Waals surface area contributed by atoms with Gasteiger partial charge in [-0.05, 0) is 24.1 Å². The van der Waals surface area contributed by atoms with Crippen LogP contribution in [0.1, 0.15) is 11.1 Å². The molecule has 0 fully saturated rings. The van der Waals surface area contributed by atoms with Crippen molar-refractivity contribution in [2.24, 2.45) is 21.7 Å². The topological polar surface area (TPSA) is 95.2 Å². The zero-order valence-electron chi connectivity index (χ0n) is 11.1. The highest BCUT2D eigenvalue weighted by Crippen LogP contribution is 2.32. The van der Waals surface area contributed by atoms with Gasteiger partial charge in [-0.3, -0.25) is 0 Å². The third kappa shape index (κ3) is 4.02. The van der Waals surface area contributed by atoms with E-state index >= 15 is 0 Å². The molecule has 0 saturated heterocycles. The van der Waals surface area contributed by atoms with Gasteiger partial charge >= 0.3 is 0 Å². The Morgan fingerprint density at radius 2 is 2.05 bits per heavy atom. The third-order valence-corrected chi connectivity index (χ3v) is 2.32. The van der Waals surface area contributed by atoms with Crippen LogP contribution in [0.15, 0.2) is 35.0 Å². The Kier molecular flexibility index (Phi) is 5.40. The highest BCUT2D eigenvalue weighted by molar-refractivity contribution is 5.83. The summed E-state index contributed by atoms with van der Waals surface area (Å²) < 4.78 is 10.6. The number of hydrogen-bond acceptors (Lipinski definition) is 4. The van der Waals surface area contributed by atoms with Crippen molar-refractivity contribution >= 4 is 12.2 Å². The van der Waals surface area contributed by atoms with Gasteiger partial charge in [0.05, 0.1) is 20.4 Å². The van der Waals surface area contributed by atoms with E-state index in [9.17, 15) is 0 Å². The number of nitrogens with zero attached hydrogens (tertiary/aromatic N) is 2. The molecule has 0 heterocycles. The molecule has 0 saturated carbocycles. The Balaban J connectivity index is 3.20. The number of allylic oxidation sites excluding steroid dienone is 1. The zero-order valence-corrected chi connectivity index (χ0v) is 11.1. The van der Waals surface area contributed by atoms with Gasteiger partial charge in [-0.15, -0.1) is 11.7 Å². The van der Waals surface area contributed by atoms with Crippen LogP contribution in [0.25, 0.3) is 0 Å². The molecule has 0 atom stereocenters. The average Bonchev–Trinajstić information content (AvgIpc) is 2.38. The fraction of sp³-hybridized carbons (Fsp3) is 0.231. The number of methoxy groups -OCH3 is 2. The summed E-state index contributed by atoms with van der Waals surface area (Å²) in [5, 5.41) is 7.31. The molecular weight excluding hydrogens is 244 g/mol. The molecule has 6 heteroatoms. The van der Waals surface area contributed by atoms with Crippen LogP contribution in [0.5, 0.6) is 11.5 Å². The summed E-state index contributed by atoms with van der Waals surface area (Å²) in [4.78, 5) is 0. The van der Waals surface area contributed by atoms with Crippen molar-refractivity contribution in [1.29, 1.82) is 0 Å². The minimum atomic E-state index is -0.0944. The molecule has 1 aromatic rings. The summed E-state index contributed by atoms with van der Waals surface area (Å²) >= 11 is 0. The molecule has 0 aromatic heterocycles. The lowest BCUT2D eigenvalue weighted by atomic mass is 10.1. The van der Waals surface area contributed by atoms with E-state index < -0.39 is 0 Å². The highest BCUT2D eigenvalue weighted by atomic mass is 16.5. The molecule has 0 radical (unpaired) electrons. The number of ether oxygens (including phenoxy) is 2. The van der Waals surface area contributed by atoms with Crippen molar-refractivity contribution in [3.8, 4) is 11.5 Å². The first-order chi connectivity index (χ1) is 9.12. The fourth-order valence-electron chi connectivity index (χ4n) is 1.61. The van der Waals surface area contributed by atoms with Gasteiger partial charge in [0.25, 0.3) is 0 Å². The number of guanidine groups is 1. The van der Waals surface area contributed by atoms with Crippen molar-refractivity contribution in [3.05, 3.63) is 35.9 Å². The molecular formula is C13H18N4O2. The van der Waals surface area contributed by atoms with Crippen LogP contribution in [-0.4, -0.2) is 26.4 Å². The molecule has 1 rings (SSSR count). The lowest BCUT2D eigenvalue weighted by Gasteiger charge is -2.12. The Hall–Kier alpha value is -2.50. The number of rotatable bonds is 6. The van der Waals surface area contributed by atoms with Crippen LogP contribution in [0.2, 0.25) is 0 Å². The Labute approximate surface area is 112 Å². The Morgan fingerprint density at radius 1 is 1.32 bits per heavy atom. The summed E-state index contributed by atoms with van der Waals surface area (Å²) in [5.41, 5.74) is 12.1. The van der Waals surface area contributed by atoms with Crippen molar-refractivity contribution in [2.45, 2.75) is 6.42 Å². The van der Waals surface area contributed by atoms with E-state index in [-0.39, 0.29) is 5.96 Å². The number of hydrogen-bond donors (Lipinski definition) is 2. The van der Waals surface area contributed by atoms with Gasteiger partial charge in [0.15, 0.2) is 11.5 Å². The molecule has 102 valence electrons. The minimum absolute atomic E-state index is 0.0944. The molecule has 0 spiro atoms. The summed E-state index contributed by atoms with van der Waals surface area (Å²) in [5.74, 6) is 1.21. The van der Waals surface area contributed by atoms with E-state index in [4.69, 9.17) is 20.9 Å². The number of nitrogens with two attached hydrogens (primary N) is 2. The van der Waals surface area contributed by atoms with Crippen LogP contribution >= 0.6 is 0 Å². The highest BCUT2D eigenvalue weighted by Gasteiger charge is 2.10. The van der Waals surface area contributed by atoms with Crippen molar-refractivity contribution < 1.29 is 9.47 Å². The molecule has 0 amide bonds. The molecule has 1 aromatic carbocycles. The van der Waals surface area contributed by atoms with Crippen molar-refractivity contribution in [1.82, 2.24) is 0 Å². The van der Waals surface area contributed by atoms with Crippen LogP contribution in [-0.2, 0) is 6.42 Å². The quantitative estimate of drug-likeness (QED) is 0.346. The minimum Gasteiger partial charge on any atom is -0.493 e. The predicted molar refractivity (Wildman–Crippen MR) is 76.9 cm³/mol. The fourth-order valence-corrected chi connectivity index (χ4v) is 1.61. The van der Waals surface area contributed by atoms with Crippen LogP contribution in [0, 0.1) is 0 Å². The number of benzene rings is 1. The molecule has 4 N–H and O–H groups in total. The van der Waals surface area contributed by atoms with Gasteiger partial charge in [0.2, 0.25) is 5.96 Å². The van der Waals surface area contributed by atoms with Crippen molar-refractivity contribution in [2.75, 3.05) is 14.2 Å². The van der Waals surface area contributed by atoms with E-state index in [0.29, 0.717) is 17.9 Å². The molecule has 0 aliphatic rings. The third-order valence-electron chi connectivity index (χ3n) is 2.32. The second-order valence-electron chi connectivity index (χ2n) is 3.68. The van der Waals surface area contributed by atoms with Gasteiger partial charge in [0, 0.05) is 5.56 Å². The summed E-state index contributed by atoms with van der Waals surface area (Å²) in [6, 6.07) is 3.70. The average molecular weight is 262 g/mol. The maximum Gasteiger partial charge on any atom is 0.211 e. The van der Waals surface area contributed by atoms with E-state index in [1.54, 1.807) is 26.4 Å². The molecule has 19 heavy (non-hydrogen) atoms. The van der Waals surface area contributed by atoms with E-state index in [1.807, 2.05) is 6.07 Å². The van der Waals surface area contributed by atoms with Gasteiger partial charge in [-0.2, -0.15) is 5.10 Å². The molecule has 0 bridgehead atoms. The molecule has 0 aliphatic carbocycles. The molecule has 0 aliphatic heterocycles. The van der Waals surface area contributed by atoms with Crippen LogP contribution in [0.4, 0.5) is 0 Å². The van der Waals surface area contributed by atoms with E-state index in [1.165, 1.54) is 6.21 Å². The smallest absolute Gasteiger partial charge is 0.211 e. The summed E-state index contributed by atoms with van der Waals surface area (Å²) in [6.07, 6.45) is 3.98. The normalized spacial score (nSPS) is 10.2. The standard InChI is InChI=1S/C13H18N4O2/c1-4-5-10-6-9(8-16-17-13(14)15)7-11(18-2)12(10)19-3/h4,6-8H,1,5H2,2-3H3,(H4,14,15,17). The molecule has 6 nitrogen and oxygen atoms in total. The van der Waals surface area contributed by atoms with Gasteiger partial charge in [0.1, 0.15) is 0 Å². The second kappa shape index (κ2) is 7.05. The van der Waals surface area contributed by atoms with E-state index in [0.717, 1.165) is 11.1 Å². The van der Waals surface area contributed by atoms with Gasteiger partial charge in [-0.1, -0.05) is 6.08 Å². The maximum absolute atomic E-state index is 5.33. The van der Waals surface area contributed by atoms with Gasteiger partial charge in [-0.25, -0.2) is 0 Å². The van der Waals surface area contributed by atoms with Crippen molar-refractivity contribution in [3.63, 3.8) is 0 Å². The first-order valence-electron chi connectivity index (χ1n) is 5.60. The van der Waals surface area contributed by atoms with E-state index in [2.05, 4.69) is 16.8 Å². The first kappa shape index (κ1) is 14.6. The predicted octanol–water partition coefficient (Wildman–Crippen LogP) is 1.04. The molecule has 0 unspecified atom stereocenters. The summed E-state index contributed by atoms with van der Waals surface area (Å²) in [7, 11) is 3.17. The SMILES string of the molecule is C=CCc1cc(C=NN=C(N)N)cc(OC)c1OC.